The Morgan fingerprint density at radius 3 is 2.54 bits per heavy atom. The van der Waals surface area contributed by atoms with Gasteiger partial charge >= 0.3 is 6.18 Å². The predicted octanol–water partition coefficient (Wildman–Crippen LogP) is 3.87. The molecular weight excluding hydrogens is 387 g/mol. The maximum absolute atomic E-state index is 12.7. The van der Waals surface area contributed by atoms with Crippen molar-refractivity contribution in [2.24, 2.45) is 0 Å². The minimum absolute atomic E-state index is 0. The fourth-order valence-electron chi connectivity index (χ4n) is 2.83. The van der Waals surface area contributed by atoms with Gasteiger partial charge in [-0.25, -0.2) is 4.98 Å². The Kier molecular flexibility index (Phi) is 6.88. The van der Waals surface area contributed by atoms with Gasteiger partial charge in [0, 0.05) is 44.2 Å². The molecule has 26 heavy (non-hydrogen) atoms. The van der Waals surface area contributed by atoms with Crippen molar-refractivity contribution >= 4 is 34.8 Å². The summed E-state index contributed by atoms with van der Waals surface area (Å²) in [5.41, 5.74) is -0.140. The second-order valence-electron chi connectivity index (χ2n) is 5.88. The number of nitrogens with zero attached hydrogens (tertiary/aromatic N) is 3. The monoisotopic (exact) mass is 405 g/mol. The van der Waals surface area contributed by atoms with Gasteiger partial charge in [-0.1, -0.05) is 18.2 Å². The zero-order chi connectivity index (χ0) is 17.9. The van der Waals surface area contributed by atoms with Crippen LogP contribution in [0.15, 0.2) is 35.8 Å². The predicted molar refractivity (Wildman–Crippen MR) is 97.9 cm³/mol. The molecule has 1 amide bonds. The van der Waals surface area contributed by atoms with Crippen molar-refractivity contribution in [2.45, 2.75) is 19.0 Å². The van der Waals surface area contributed by atoms with Crippen molar-refractivity contribution in [3.05, 3.63) is 47.0 Å². The van der Waals surface area contributed by atoms with Crippen LogP contribution in [0.2, 0.25) is 0 Å². The van der Waals surface area contributed by atoms with Crippen LogP contribution < -0.4 is 4.90 Å². The SMILES string of the molecule is Cl.O=C(CCc1cccc(C(F)(F)F)c1)N1CCN(c2nccs2)CC1. The lowest BCUT2D eigenvalue weighted by Gasteiger charge is -2.34. The molecule has 0 bridgehead atoms. The minimum atomic E-state index is -4.35. The third-order valence-corrected chi connectivity index (χ3v) is 5.04. The zero-order valence-corrected chi connectivity index (χ0v) is 15.5. The van der Waals surface area contributed by atoms with Crippen LogP contribution in [0.4, 0.5) is 18.3 Å². The number of carbonyl (C=O) groups is 1. The number of piperazine rings is 1. The first kappa shape index (κ1) is 20.5. The summed E-state index contributed by atoms with van der Waals surface area (Å²) >= 11 is 1.57. The van der Waals surface area contributed by atoms with E-state index in [2.05, 4.69) is 9.88 Å². The molecule has 2 heterocycles. The number of alkyl halides is 3. The summed E-state index contributed by atoms with van der Waals surface area (Å²) < 4.78 is 38.2. The van der Waals surface area contributed by atoms with Gasteiger partial charge < -0.3 is 9.80 Å². The summed E-state index contributed by atoms with van der Waals surface area (Å²) in [7, 11) is 0. The smallest absolute Gasteiger partial charge is 0.345 e. The Balaban J connectivity index is 0.00000243. The normalized spacial score (nSPS) is 14.9. The summed E-state index contributed by atoms with van der Waals surface area (Å²) in [6.07, 6.45) is -2.06. The summed E-state index contributed by atoms with van der Waals surface area (Å²) in [4.78, 5) is 20.5. The van der Waals surface area contributed by atoms with E-state index in [-0.39, 0.29) is 24.7 Å². The number of rotatable bonds is 4. The highest BCUT2D eigenvalue weighted by molar-refractivity contribution is 7.13. The fourth-order valence-corrected chi connectivity index (χ4v) is 3.53. The first-order valence-electron chi connectivity index (χ1n) is 8.02. The van der Waals surface area contributed by atoms with E-state index in [4.69, 9.17) is 0 Å². The molecule has 0 N–H and O–H groups in total. The number of carbonyl (C=O) groups excluding carboxylic acids is 1. The van der Waals surface area contributed by atoms with E-state index in [0.29, 0.717) is 25.1 Å². The highest BCUT2D eigenvalue weighted by Crippen LogP contribution is 2.29. The summed E-state index contributed by atoms with van der Waals surface area (Å²) in [6, 6.07) is 5.18. The van der Waals surface area contributed by atoms with E-state index in [9.17, 15) is 18.0 Å². The number of hydrogen-bond acceptors (Lipinski definition) is 4. The molecule has 2 aromatic rings. The fraction of sp³-hybridized carbons (Fsp3) is 0.412. The van der Waals surface area contributed by atoms with Crippen LogP contribution in [0.5, 0.6) is 0 Å². The third kappa shape index (κ3) is 5.11. The number of hydrogen-bond donors (Lipinski definition) is 0. The molecule has 3 rings (SSSR count). The quantitative estimate of drug-likeness (QED) is 0.774. The highest BCUT2D eigenvalue weighted by atomic mass is 35.5. The first-order valence-corrected chi connectivity index (χ1v) is 8.90. The molecule has 0 spiro atoms. The lowest BCUT2D eigenvalue weighted by atomic mass is 10.1. The number of benzene rings is 1. The number of thiazole rings is 1. The Morgan fingerprint density at radius 2 is 1.92 bits per heavy atom. The van der Waals surface area contributed by atoms with Gasteiger partial charge in [0.25, 0.3) is 0 Å². The summed E-state index contributed by atoms with van der Waals surface area (Å²) in [5.74, 6) is -0.0174. The first-order chi connectivity index (χ1) is 11.9. The van der Waals surface area contributed by atoms with E-state index in [1.54, 1.807) is 28.5 Å². The standard InChI is InChI=1S/C17H18F3N3OS.ClH/c18-17(19,20)14-3-1-2-13(12-14)4-5-15(24)22-7-9-23(10-8-22)16-21-6-11-25-16;/h1-3,6,11-12H,4-5,7-10H2;1H. The molecular formula is C17H19ClF3N3OS. The molecule has 1 aliphatic rings. The van der Waals surface area contributed by atoms with E-state index in [1.165, 1.54) is 6.07 Å². The van der Waals surface area contributed by atoms with Crippen molar-refractivity contribution in [1.29, 1.82) is 0 Å². The molecule has 1 aromatic carbocycles. The Morgan fingerprint density at radius 1 is 1.19 bits per heavy atom. The average molecular weight is 406 g/mol. The van der Waals surface area contributed by atoms with Crippen LogP contribution in [0.1, 0.15) is 17.5 Å². The van der Waals surface area contributed by atoms with Gasteiger partial charge in [0.05, 0.1) is 5.56 Å². The largest absolute Gasteiger partial charge is 0.416 e. The van der Waals surface area contributed by atoms with Crippen LogP contribution in [0, 0.1) is 0 Å². The maximum Gasteiger partial charge on any atom is 0.416 e. The number of amides is 1. The maximum atomic E-state index is 12.7. The van der Waals surface area contributed by atoms with Gasteiger partial charge in [-0.15, -0.1) is 23.7 Å². The Bertz CT molecular complexity index is 716. The minimum Gasteiger partial charge on any atom is -0.345 e. The second-order valence-corrected chi connectivity index (χ2v) is 6.75. The molecule has 4 nitrogen and oxygen atoms in total. The second kappa shape index (κ2) is 8.73. The molecule has 1 aliphatic heterocycles. The van der Waals surface area contributed by atoms with Crippen molar-refractivity contribution < 1.29 is 18.0 Å². The number of aryl methyl sites for hydroxylation is 1. The van der Waals surface area contributed by atoms with Gasteiger partial charge in [0.15, 0.2) is 5.13 Å². The number of halogens is 4. The van der Waals surface area contributed by atoms with E-state index >= 15 is 0 Å². The van der Waals surface area contributed by atoms with Crippen molar-refractivity contribution in [1.82, 2.24) is 9.88 Å². The lowest BCUT2D eigenvalue weighted by molar-refractivity contribution is -0.137. The van der Waals surface area contributed by atoms with Crippen LogP contribution in [0.3, 0.4) is 0 Å². The molecule has 0 aliphatic carbocycles. The van der Waals surface area contributed by atoms with Gasteiger partial charge in [0.2, 0.25) is 5.91 Å². The van der Waals surface area contributed by atoms with Crippen LogP contribution >= 0.6 is 23.7 Å². The molecule has 1 saturated heterocycles. The zero-order valence-electron chi connectivity index (χ0n) is 13.9. The summed E-state index contributed by atoms with van der Waals surface area (Å²) in [6.45, 7) is 2.67. The van der Waals surface area contributed by atoms with Gasteiger partial charge in [0.1, 0.15) is 0 Å². The molecule has 0 saturated carbocycles. The number of aromatic nitrogens is 1. The molecule has 9 heteroatoms. The van der Waals surface area contributed by atoms with Gasteiger partial charge in [-0.2, -0.15) is 13.2 Å². The average Bonchev–Trinajstić information content (AvgIpc) is 3.14. The Labute approximate surface area is 160 Å². The molecule has 0 atom stereocenters. The lowest BCUT2D eigenvalue weighted by Crippen LogP contribution is -2.48. The van der Waals surface area contributed by atoms with Crippen LogP contribution in [-0.4, -0.2) is 42.0 Å². The van der Waals surface area contributed by atoms with E-state index in [1.807, 2.05) is 5.38 Å². The molecule has 1 fully saturated rings. The van der Waals surface area contributed by atoms with E-state index < -0.39 is 11.7 Å². The third-order valence-electron chi connectivity index (χ3n) is 4.20. The van der Waals surface area contributed by atoms with Crippen LogP contribution in [0.25, 0.3) is 0 Å². The number of anilines is 1. The Hall–Kier alpha value is -1.80. The van der Waals surface area contributed by atoms with Crippen molar-refractivity contribution in [3.63, 3.8) is 0 Å². The van der Waals surface area contributed by atoms with Crippen molar-refractivity contribution in [2.75, 3.05) is 31.1 Å². The highest BCUT2D eigenvalue weighted by Gasteiger charge is 2.30. The molecule has 0 radical (unpaired) electrons. The van der Waals surface area contributed by atoms with Crippen LogP contribution in [-0.2, 0) is 17.4 Å². The summed E-state index contributed by atoms with van der Waals surface area (Å²) in [5, 5.41) is 2.87. The topological polar surface area (TPSA) is 36.4 Å². The van der Waals surface area contributed by atoms with E-state index in [0.717, 1.165) is 30.4 Å². The molecule has 0 unspecified atom stereocenters. The van der Waals surface area contributed by atoms with Gasteiger partial charge in [-0.3, -0.25) is 4.79 Å². The molecule has 142 valence electrons. The van der Waals surface area contributed by atoms with Gasteiger partial charge in [-0.05, 0) is 18.1 Å². The molecule has 1 aromatic heterocycles. The van der Waals surface area contributed by atoms with Crippen molar-refractivity contribution in [3.8, 4) is 0 Å².